The third-order valence-corrected chi connectivity index (χ3v) is 5.00. The van der Waals surface area contributed by atoms with Crippen LogP contribution in [0.3, 0.4) is 0 Å². The average molecular weight is 250 g/mol. The zero-order chi connectivity index (χ0) is 11.9. The van der Waals surface area contributed by atoms with Crippen LogP contribution in [0.5, 0.6) is 0 Å². The van der Waals surface area contributed by atoms with E-state index in [9.17, 15) is 0 Å². The molecule has 3 heteroatoms. The first-order valence-electron chi connectivity index (χ1n) is 6.81. The molecule has 1 heterocycles. The molecule has 1 fully saturated rings. The molecule has 17 heavy (non-hydrogen) atoms. The monoisotopic (exact) mass is 250 g/mol. The van der Waals surface area contributed by atoms with Crippen molar-refractivity contribution in [2.75, 3.05) is 6.54 Å². The minimum atomic E-state index is 0.484. The van der Waals surface area contributed by atoms with E-state index in [0.717, 1.165) is 12.5 Å². The summed E-state index contributed by atoms with van der Waals surface area (Å²) in [5.74, 6) is 0.962. The van der Waals surface area contributed by atoms with Gasteiger partial charge < -0.3 is 5.32 Å². The molecule has 2 nitrogen and oxygen atoms in total. The van der Waals surface area contributed by atoms with Crippen molar-refractivity contribution in [3.8, 4) is 0 Å². The number of hydrogen-bond acceptors (Lipinski definition) is 3. The highest BCUT2D eigenvalue weighted by Crippen LogP contribution is 2.37. The lowest BCUT2D eigenvalue weighted by molar-refractivity contribution is 0.316. The lowest BCUT2D eigenvalue weighted by Gasteiger charge is -2.28. The summed E-state index contributed by atoms with van der Waals surface area (Å²) in [5.41, 5.74) is 1.87. The highest BCUT2D eigenvalue weighted by molar-refractivity contribution is 7.11. The van der Waals surface area contributed by atoms with Crippen molar-refractivity contribution in [1.29, 1.82) is 0 Å². The lowest BCUT2D eigenvalue weighted by Crippen LogP contribution is -2.21. The Bertz CT molecular complexity index is 404. The second-order valence-electron chi connectivity index (χ2n) is 6.39. The summed E-state index contributed by atoms with van der Waals surface area (Å²) in [6.07, 6.45) is 6.55. The average Bonchev–Trinajstić information content (AvgIpc) is 2.98. The highest BCUT2D eigenvalue weighted by atomic mass is 32.1. The summed E-state index contributed by atoms with van der Waals surface area (Å²) >= 11 is 1.94. The standard InChI is InChI=1S/C14H22N2S/c1-14(2)6-5-11-12(7-14)17-13(16-11)9-15-8-10-3-4-10/h10,15H,3-9H2,1-2H3. The zero-order valence-corrected chi connectivity index (χ0v) is 11.7. The number of nitrogens with zero attached hydrogens (tertiary/aromatic N) is 1. The molecule has 0 atom stereocenters. The predicted molar refractivity (Wildman–Crippen MR) is 72.4 cm³/mol. The van der Waals surface area contributed by atoms with Crippen LogP contribution in [0.1, 0.15) is 48.7 Å². The van der Waals surface area contributed by atoms with Crippen LogP contribution in [0.4, 0.5) is 0 Å². The molecule has 0 unspecified atom stereocenters. The normalized spacial score (nSPS) is 22.5. The fraction of sp³-hybridized carbons (Fsp3) is 0.786. The van der Waals surface area contributed by atoms with Gasteiger partial charge in [0.05, 0.1) is 5.69 Å². The van der Waals surface area contributed by atoms with Crippen molar-refractivity contribution in [2.45, 2.75) is 52.5 Å². The summed E-state index contributed by atoms with van der Waals surface area (Å²) in [7, 11) is 0. The minimum absolute atomic E-state index is 0.484. The Hall–Kier alpha value is -0.410. The molecule has 0 spiro atoms. The first-order chi connectivity index (χ1) is 8.12. The molecule has 0 bridgehead atoms. The van der Waals surface area contributed by atoms with Gasteiger partial charge in [-0.25, -0.2) is 4.98 Å². The predicted octanol–water partition coefficient (Wildman–Crippen LogP) is 3.16. The number of aromatic nitrogens is 1. The first kappa shape index (κ1) is 11.7. The van der Waals surface area contributed by atoms with Crippen LogP contribution in [0, 0.1) is 11.3 Å². The van der Waals surface area contributed by atoms with E-state index >= 15 is 0 Å². The van der Waals surface area contributed by atoms with Gasteiger partial charge in [0, 0.05) is 11.4 Å². The number of rotatable bonds is 4. The largest absolute Gasteiger partial charge is 0.310 e. The van der Waals surface area contributed by atoms with Gasteiger partial charge in [-0.3, -0.25) is 0 Å². The molecule has 0 radical (unpaired) electrons. The zero-order valence-electron chi connectivity index (χ0n) is 10.9. The Morgan fingerprint density at radius 1 is 1.41 bits per heavy atom. The molecule has 2 aliphatic rings. The molecule has 0 saturated heterocycles. The van der Waals surface area contributed by atoms with Gasteiger partial charge in [-0.1, -0.05) is 13.8 Å². The second kappa shape index (κ2) is 4.36. The van der Waals surface area contributed by atoms with Crippen molar-refractivity contribution >= 4 is 11.3 Å². The Kier molecular flexibility index (Phi) is 2.99. The first-order valence-corrected chi connectivity index (χ1v) is 7.62. The molecule has 0 aromatic carbocycles. The molecule has 1 N–H and O–H groups in total. The van der Waals surface area contributed by atoms with Crippen LogP contribution < -0.4 is 5.32 Å². The molecule has 94 valence electrons. The highest BCUT2D eigenvalue weighted by Gasteiger charge is 2.28. The van der Waals surface area contributed by atoms with Gasteiger partial charge in [-0.2, -0.15) is 0 Å². The van der Waals surface area contributed by atoms with Crippen molar-refractivity contribution in [1.82, 2.24) is 10.3 Å². The Labute approximate surface area is 108 Å². The molecule has 1 aromatic rings. The van der Waals surface area contributed by atoms with Crippen LogP contribution in [-0.2, 0) is 19.4 Å². The number of aryl methyl sites for hydroxylation is 1. The van der Waals surface area contributed by atoms with Crippen molar-refractivity contribution in [3.63, 3.8) is 0 Å². The number of thiazole rings is 1. The van der Waals surface area contributed by atoms with E-state index in [1.165, 1.54) is 49.4 Å². The maximum Gasteiger partial charge on any atom is 0.107 e. The maximum atomic E-state index is 4.79. The molecular weight excluding hydrogens is 228 g/mol. The van der Waals surface area contributed by atoms with E-state index in [0.29, 0.717) is 5.41 Å². The summed E-state index contributed by atoms with van der Waals surface area (Å²) in [5, 5.41) is 4.84. The minimum Gasteiger partial charge on any atom is -0.310 e. The topological polar surface area (TPSA) is 24.9 Å². The van der Waals surface area contributed by atoms with Crippen LogP contribution in [0.15, 0.2) is 0 Å². The second-order valence-corrected chi connectivity index (χ2v) is 7.56. The summed E-state index contributed by atoms with van der Waals surface area (Å²) in [4.78, 5) is 6.34. The lowest BCUT2D eigenvalue weighted by atomic mass is 9.79. The van der Waals surface area contributed by atoms with Crippen LogP contribution in [0.2, 0.25) is 0 Å². The maximum absolute atomic E-state index is 4.79. The fourth-order valence-electron chi connectivity index (χ4n) is 2.53. The SMILES string of the molecule is CC1(C)CCc2nc(CNCC3CC3)sc2C1. The van der Waals surface area contributed by atoms with Gasteiger partial charge in [0.2, 0.25) is 0 Å². The molecular formula is C14H22N2S. The number of fused-ring (bicyclic) bond motifs is 1. The van der Waals surface area contributed by atoms with Crippen molar-refractivity contribution in [3.05, 3.63) is 15.6 Å². The summed E-state index contributed by atoms with van der Waals surface area (Å²) < 4.78 is 0. The van der Waals surface area contributed by atoms with Crippen molar-refractivity contribution in [2.24, 2.45) is 11.3 Å². The van der Waals surface area contributed by atoms with E-state index in [1.54, 1.807) is 4.88 Å². The van der Waals surface area contributed by atoms with Gasteiger partial charge in [-0.15, -0.1) is 11.3 Å². The Balaban J connectivity index is 1.60. The fourth-order valence-corrected chi connectivity index (χ4v) is 3.87. The quantitative estimate of drug-likeness (QED) is 0.888. The molecule has 1 aromatic heterocycles. The van der Waals surface area contributed by atoms with E-state index in [4.69, 9.17) is 4.98 Å². The van der Waals surface area contributed by atoms with E-state index in [2.05, 4.69) is 19.2 Å². The Morgan fingerprint density at radius 3 is 3.00 bits per heavy atom. The van der Waals surface area contributed by atoms with Gasteiger partial charge in [0.25, 0.3) is 0 Å². The van der Waals surface area contributed by atoms with E-state index < -0.39 is 0 Å². The molecule has 0 aliphatic heterocycles. The molecule has 2 aliphatic carbocycles. The van der Waals surface area contributed by atoms with Gasteiger partial charge in [0.1, 0.15) is 5.01 Å². The van der Waals surface area contributed by atoms with E-state index in [-0.39, 0.29) is 0 Å². The Morgan fingerprint density at radius 2 is 2.24 bits per heavy atom. The molecule has 0 amide bonds. The molecule has 1 saturated carbocycles. The van der Waals surface area contributed by atoms with Crippen LogP contribution in [0.25, 0.3) is 0 Å². The number of nitrogens with one attached hydrogen (secondary N) is 1. The summed E-state index contributed by atoms with van der Waals surface area (Å²) in [6, 6.07) is 0. The van der Waals surface area contributed by atoms with Gasteiger partial charge in [-0.05, 0) is 50.0 Å². The smallest absolute Gasteiger partial charge is 0.107 e. The third-order valence-electron chi connectivity index (χ3n) is 3.91. The van der Waals surface area contributed by atoms with Crippen LogP contribution >= 0.6 is 11.3 Å². The summed E-state index contributed by atoms with van der Waals surface area (Å²) in [6.45, 7) is 6.92. The van der Waals surface area contributed by atoms with E-state index in [1.807, 2.05) is 11.3 Å². The molecule has 3 rings (SSSR count). The van der Waals surface area contributed by atoms with Crippen LogP contribution in [-0.4, -0.2) is 11.5 Å². The van der Waals surface area contributed by atoms with Gasteiger partial charge >= 0.3 is 0 Å². The van der Waals surface area contributed by atoms with Gasteiger partial charge in [0.15, 0.2) is 0 Å². The van der Waals surface area contributed by atoms with Crippen molar-refractivity contribution < 1.29 is 0 Å². The third kappa shape index (κ3) is 2.89. The number of hydrogen-bond donors (Lipinski definition) is 1.